The number of para-hydroxylation sites is 1. The maximum Gasteiger partial charge on any atom is 0.432 e. The molecular formula is C32H36F4O6S2. The van der Waals surface area contributed by atoms with Crippen molar-refractivity contribution >= 4 is 26.4 Å². The van der Waals surface area contributed by atoms with Crippen LogP contribution in [0, 0.1) is 5.92 Å². The number of halogens is 4. The number of carbonyl (C=O) groups is 1. The Hall–Kier alpha value is -3.09. The Balaban J connectivity index is 1.91. The van der Waals surface area contributed by atoms with Gasteiger partial charge in [-0.25, -0.2) is 8.42 Å². The second-order valence-corrected chi connectivity index (χ2v) is 16.0. The lowest BCUT2D eigenvalue weighted by atomic mass is 9.84. The summed E-state index contributed by atoms with van der Waals surface area (Å²) in [5, 5.41) is -5.56. The largest absolute Gasteiger partial charge is 0.481 e. The molecule has 0 unspecified atom stereocenters. The molecule has 1 aliphatic carbocycles. The molecule has 4 rings (SSSR count). The van der Waals surface area contributed by atoms with Gasteiger partial charge in [-0.3, -0.25) is 0 Å². The van der Waals surface area contributed by atoms with Crippen LogP contribution in [-0.4, -0.2) is 37.8 Å². The normalized spacial score (nSPS) is 15.9. The van der Waals surface area contributed by atoms with E-state index in [4.69, 9.17) is 13.1 Å². The highest BCUT2D eigenvalue weighted by Gasteiger charge is 2.70. The molecular weight excluding hydrogens is 620 g/mol. The van der Waals surface area contributed by atoms with Crippen molar-refractivity contribution in [3.8, 4) is 5.75 Å². The van der Waals surface area contributed by atoms with E-state index in [9.17, 15) is 13.2 Å². The fraction of sp³-hybridized carbons (Fsp3) is 0.406. The third kappa shape index (κ3) is 6.92. The van der Waals surface area contributed by atoms with Crippen LogP contribution in [0.2, 0.25) is 0 Å². The van der Waals surface area contributed by atoms with Gasteiger partial charge in [0.2, 0.25) is 0 Å². The highest BCUT2D eigenvalue weighted by molar-refractivity contribution is 8.33. The van der Waals surface area contributed by atoms with Crippen LogP contribution in [0.4, 0.5) is 17.6 Å². The van der Waals surface area contributed by atoms with Gasteiger partial charge < -0.3 is 9.47 Å². The lowest BCUT2D eigenvalue weighted by Crippen LogP contribution is -2.52. The Morgan fingerprint density at radius 1 is 0.773 bits per heavy atom. The van der Waals surface area contributed by atoms with Crippen molar-refractivity contribution in [1.82, 2.24) is 0 Å². The first-order valence-electron chi connectivity index (χ1n) is 14.2. The topological polar surface area (TPSA) is 78.9 Å². The van der Waals surface area contributed by atoms with Crippen LogP contribution >= 0.6 is 10.3 Å². The van der Waals surface area contributed by atoms with Gasteiger partial charge in [0.15, 0.2) is 6.61 Å². The van der Waals surface area contributed by atoms with E-state index in [1.807, 2.05) is 0 Å². The summed E-state index contributed by atoms with van der Waals surface area (Å²) < 4.78 is 107. The van der Waals surface area contributed by atoms with Crippen LogP contribution in [0.3, 0.4) is 0 Å². The first-order valence-corrected chi connectivity index (χ1v) is 17.2. The summed E-state index contributed by atoms with van der Waals surface area (Å²) in [5.74, 6) is -7.53. The molecule has 0 radical (unpaired) electrons. The van der Waals surface area contributed by atoms with Gasteiger partial charge in [-0.2, -0.15) is 26.0 Å². The molecule has 1 saturated carbocycles. The summed E-state index contributed by atoms with van der Waals surface area (Å²) in [7, 11) is -10.1. The van der Waals surface area contributed by atoms with Crippen molar-refractivity contribution in [3.05, 3.63) is 84.9 Å². The van der Waals surface area contributed by atoms with Crippen LogP contribution in [-0.2, 0) is 23.3 Å². The van der Waals surface area contributed by atoms with Crippen LogP contribution in [0.1, 0.15) is 52.9 Å². The molecule has 0 amide bonds. The molecule has 0 saturated heterocycles. The quantitative estimate of drug-likeness (QED) is 0.152. The van der Waals surface area contributed by atoms with Crippen LogP contribution in [0.15, 0.2) is 99.6 Å². The van der Waals surface area contributed by atoms with Gasteiger partial charge in [0, 0.05) is 15.7 Å². The van der Waals surface area contributed by atoms with E-state index >= 15 is 17.6 Å². The Bertz CT molecular complexity index is 1480. The Morgan fingerprint density at radius 2 is 1.27 bits per heavy atom. The van der Waals surface area contributed by atoms with Crippen LogP contribution < -0.4 is 4.74 Å². The van der Waals surface area contributed by atoms with Crippen molar-refractivity contribution in [1.29, 1.82) is 0 Å². The number of ether oxygens (including phenoxy) is 2. The number of alkyl halides is 4. The fourth-order valence-electron chi connectivity index (χ4n) is 5.09. The third-order valence-corrected chi connectivity index (χ3v) is 12.3. The number of hydrogen-bond donors (Lipinski definition) is 0. The fourth-order valence-corrected chi connectivity index (χ4v) is 10.5. The smallest absolute Gasteiger partial charge is 0.432 e. The number of benzene rings is 3. The Labute approximate surface area is 257 Å². The van der Waals surface area contributed by atoms with Gasteiger partial charge in [0.1, 0.15) is 11.4 Å². The molecule has 12 heteroatoms. The van der Waals surface area contributed by atoms with Gasteiger partial charge >= 0.3 is 27.3 Å². The van der Waals surface area contributed by atoms with Crippen molar-refractivity contribution in [2.24, 2.45) is 5.92 Å². The van der Waals surface area contributed by atoms with Gasteiger partial charge in [0.25, 0.3) is 0 Å². The predicted molar refractivity (Wildman–Crippen MR) is 160 cm³/mol. The van der Waals surface area contributed by atoms with Gasteiger partial charge in [0.05, 0.1) is 4.90 Å². The van der Waals surface area contributed by atoms with Crippen molar-refractivity contribution in [2.45, 2.75) is 84.3 Å². The summed E-state index contributed by atoms with van der Waals surface area (Å²) in [6, 6.07) is 21.2. The molecule has 3 aromatic carbocycles. The molecule has 6 nitrogen and oxygen atoms in total. The van der Waals surface area contributed by atoms with Crippen LogP contribution in [0.25, 0.3) is 0 Å². The van der Waals surface area contributed by atoms with Gasteiger partial charge in [-0.1, -0.05) is 67.8 Å². The van der Waals surface area contributed by atoms with Crippen molar-refractivity contribution in [2.75, 3.05) is 6.61 Å². The van der Waals surface area contributed by atoms with E-state index in [2.05, 4.69) is 0 Å². The van der Waals surface area contributed by atoms with Gasteiger partial charge in [-0.15, -0.1) is 0 Å². The highest BCUT2D eigenvalue weighted by atomic mass is 32.3. The minimum atomic E-state index is -6.33. The zero-order valence-electron chi connectivity index (χ0n) is 24.7. The molecule has 0 atom stereocenters. The SMILES string of the molecule is CC(C)(C)OC(=O)COc1ccccc1S(OS(=O)(=O)C(F)(F)C(F)(F)C1CCCCC1)(c1ccccc1)c1ccccc1. The van der Waals surface area contributed by atoms with Crippen molar-refractivity contribution in [3.63, 3.8) is 0 Å². The number of carbonyl (C=O) groups excluding carboxylic acids is 1. The second kappa shape index (κ2) is 13.1. The van der Waals surface area contributed by atoms with Crippen molar-refractivity contribution < 1.29 is 43.9 Å². The zero-order valence-corrected chi connectivity index (χ0v) is 26.3. The first kappa shape index (κ1) is 33.8. The molecule has 3 aromatic rings. The van der Waals surface area contributed by atoms with Gasteiger partial charge in [-0.05, 0) is 80.3 Å². The number of hydrogen-bond acceptors (Lipinski definition) is 6. The van der Waals surface area contributed by atoms with E-state index in [-0.39, 0.29) is 33.3 Å². The first-order chi connectivity index (χ1) is 20.6. The zero-order chi connectivity index (χ0) is 32.2. The number of esters is 1. The molecule has 0 aliphatic heterocycles. The molecule has 0 heterocycles. The average molecular weight is 657 g/mol. The molecule has 0 bridgehead atoms. The number of rotatable bonds is 11. The predicted octanol–water partition coefficient (Wildman–Crippen LogP) is 8.76. The molecule has 0 spiro atoms. The van der Waals surface area contributed by atoms with E-state index in [0.717, 1.165) is 0 Å². The minimum Gasteiger partial charge on any atom is -0.481 e. The maximum atomic E-state index is 15.8. The average Bonchev–Trinajstić information content (AvgIpc) is 2.99. The molecule has 0 N–H and O–H groups in total. The summed E-state index contributed by atoms with van der Waals surface area (Å²) in [6.07, 6.45) is 0.742. The summed E-state index contributed by atoms with van der Waals surface area (Å²) in [5.41, 5.74) is -0.824. The summed E-state index contributed by atoms with van der Waals surface area (Å²) in [4.78, 5) is 12.7. The lowest BCUT2D eigenvalue weighted by molar-refractivity contribution is -0.198. The van der Waals surface area contributed by atoms with E-state index in [0.29, 0.717) is 19.3 Å². The maximum absolute atomic E-state index is 15.8. The minimum absolute atomic E-state index is 0.0266. The lowest BCUT2D eigenvalue weighted by Gasteiger charge is -2.42. The van der Waals surface area contributed by atoms with E-state index in [1.165, 1.54) is 48.5 Å². The Morgan fingerprint density at radius 3 is 1.80 bits per heavy atom. The van der Waals surface area contributed by atoms with E-state index in [1.54, 1.807) is 57.2 Å². The summed E-state index contributed by atoms with van der Waals surface area (Å²) >= 11 is 0. The molecule has 1 fully saturated rings. The third-order valence-electron chi connectivity index (χ3n) is 7.09. The monoisotopic (exact) mass is 656 g/mol. The molecule has 0 aromatic heterocycles. The molecule has 44 heavy (non-hydrogen) atoms. The van der Waals surface area contributed by atoms with E-state index < -0.39 is 55.7 Å². The molecule has 1 aliphatic rings. The standard InChI is InChI=1S/C32H36F4O6S2/c1-30(2,3)41-29(37)23-40-27-21-13-14-22-28(27)43(25-17-9-5-10-18-25,26-19-11-6-12-20-26)42-44(38,39)32(35,36)31(33,34)24-15-7-4-8-16-24/h5-6,9-14,17-22,24H,4,7-8,15-16,23H2,1-3H3. The summed E-state index contributed by atoms with van der Waals surface area (Å²) in [6.45, 7) is 4.40. The van der Waals surface area contributed by atoms with Crippen LogP contribution in [0.5, 0.6) is 5.75 Å². The molecule has 240 valence electrons. The highest BCUT2D eigenvalue weighted by Crippen LogP contribution is 2.73. The second-order valence-electron chi connectivity index (χ2n) is 11.5. The Kier molecular flexibility index (Phi) is 10.1.